The van der Waals surface area contributed by atoms with Crippen LogP contribution in [0.3, 0.4) is 0 Å². The van der Waals surface area contributed by atoms with Crippen molar-refractivity contribution >= 4 is 11.9 Å². The van der Waals surface area contributed by atoms with Gasteiger partial charge < -0.3 is 31.9 Å². The molecule has 0 fully saturated rings. The van der Waals surface area contributed by atoms with E-state index in [1.807, 2.05) is 27.7 Å². The summed E-state index contributed by atoms with van der Waals surface area (Å²) in [6, 6.07) is -0.859. The molecule has 0 aromatic heterocycles. The van der Waals surface area contributed by atoms with Crippen LogP contribution in [0.5, 0.6) is 0 Å². The third kappa shape index (κ3) is 15.7. The van der Waals surface area contributed by atoms with Crippen LogP contribution in [-0.2, 0) is 9.59 Å². The fourth-order valence-corrected chi connectivity index (χ4v) is 2.06. The van der Waals surface area contributed by atoms with Gasteiger partial charge in [-0.1, -0.05) is 27.7 Å². The number of nitrogens with two attached hydrogens (primary N) is 2. The first-order chi connectivity index (χ1) is 10.9. The van der Waals surface area contributed by atoms with Gasteiger partial charge in [-0.05, 0) is 24.7 Å². The maximum absolute atomic E-state index is 10.2. The minimum absolute atomic E-state index is 0.270. The summed E-state index contributed by atoms with van der Waals surface area (Å²) in [5, 5.41) is 35.2. The molecule has 0 amide bonds. The summed E-state index contributed by atoms with van der Waals surface area (Å²) in [4.78, 5) is 20.4. The molecule has 0 aliphatic carbocycles. The maximum Gasteiger partial charge on any atom is 0.306 e. The van der Waals surface area contributed by atoms with Crippen LogP contribution < -0.4 is 11.5 Å². The number of carboxylic acids is 2. The Balaban J connectivity index is 0. The van der Waals surface area contributed by atoms with Crippen LogP contribution in [0.1, 0.15) is 53.4 Å². The molecule has 8 N–H and O–H groups in total. The van der Waals surface area contributed by atoms with Crippen molar-refractivity contribution < 1.29 is 30.0 Å². The fourth-order valence-electron chi connectivity index (χ4n) is 2.06. The second kappa shape index (κ2) is 13.1. The molecule has 0 radical (unpaired) electrons. The SMILES string of the molecule is CC(C)C[C@H](N)[C@@H](O)CC(=O)O.CC(C)C[C@H](N)[C@@H](O)CC(=O)O. The molecule has 0 spiro atoms. The monoisotopic (exact) mass is 350 g/mol. The Bertz CT molecular complexity index is 328. The van der Waals surface area contributed by atoms with E-state index in [-0.39, 0.29) is 12.8 Å². The summed E-state index contributed by atoms with van der Waals surface area (Å²) < 4.78 is 0. The van der Waals surface area contributed by atoms with E-state index in [0.717, 1.165) is 0 Å². The van der Waals surface area contributed by atoms with E-state index in [1.165, 1.54) is 0 Å². The summed E-state index contributed by atoms with van der Waals surface area (Å²) in [6.07, 6.45) is -1.10. The molecule has 0 aliphatic heterocycles. The maximum atomic E-state index is 10.2. The molecule has 0 bridgehead atoms. The van der Waals surface area contributed by atoms with Gasteiger partial charge in [-0.3, -0.25) is 9.59 Å². The van der Waals surface area contributed by atoms with E-state index in [2.05, 4.69) is 0 Å². The van der Waals surface area contributed by atoms with Crippen LogP contribution in [-0.4, -0.2) is 56.7 Å². The molecule has 8 nitrogen and oxygen atoms in total. The number of rotatable bonds is 10. The third-order valence-corrected chi connectivity index (χ3v) is 3.24. The Morgan fingerprint density at radius 2 is 1.00 bits per heavy atom. The van der Waals surface area contributed by atoms with Gasteiger partial charge in [0.1, 0.15) is 0 Å². The topological polar surface area (TPSA) is 167 Å². The predicted octanol–water partition coefficient (Wildman–Crippen LogP) is 0.391. The zero-order valence-electron chi connectivity index (χ0n) is 15.1. The van der Waals surface area contributed by atoms with Gasteiger partial charge in [0.05, 0.1) is 25.0 Å². The molecule has 0 heterocycles. The summed E-state index contributed by atoms with van der Waals surface area (Å²) in [6.45, 7) is 7.92. The van der Waals surface area contributed by atoms with Crippen molar-refractivity contribution in [1.82, 2.24) is 0 Å². The van der Waals surface area contributed by atoms with Crippen molar-refractivity contribution in [2.75, 3.05) is 0 Å². The van der Waals surface area contributed by atoms with Crippen LogP contribution in [0.15, 0.2) is 0 Å². The van der Waals surface area contributed by atoms with E-state index >= 15 is 0 Å². The minimum atomic E-state index is -1.01. The van der Waals surface area contributed by atoms with E-state index < -0.39 is 36.2 Å². The second-order valence-corrected chi connectivity index (χ2v) is 6.92. The number of hydrogen-bond donors (Lipinski definition) is 6. The third-order valence-electron chi connectivity index (χ3n) is 3.24. The molecule has 0 saturated carbocycles. The van der Waals surface area contributed by atoms with Crippen molar-refractivity contribution in [2.45, 2.75) is 77.7 Å². The van der Waals surface area contributed by atoms with E-state index in [4.69, 9.17) is 21.7 Å². The van der Waals surface area contributed by atoms with Crippen LogP contribution in [0.2, 0.25) is 0 Å². The Hall–Kier alpha value is -1.22. The zero-order chi connectivity index (χ0) is 19.4. The highest BCUT2D eigenvalue weighted by Gasteiger charge is 2.19. The zero-order valence-corrected chi connectivity index (χ0v) is 15.1. The van der Waals surface area contributed by atoms with Crippen LogP contribution in [0.25, 0.3) is 0 Å². The molecule has 0 aliphatic rings. The molecule has 0 aromatic carbocycles. The lowest BCUT2D eigenvalue weighted by Gasteiger charge is -2.18. The Morgan fingerprint density at radius 1 is 0.750 bits per heavy atom. The van der Waals surface area contributed by atoms with Crippen LogP contribution >= 0.6 is 0 Å². The van der Waals surface area contributed by atoms with Crippen molar-refractivity contribution in [2.24, 2.45) is 23.3 Å². The molecule has 0 unspecified atom stereocenters. The van der Waals surface area contributed by atoms with Crippen LogP contribution in [0.4, 0.5) is 0 Å². The molecule has 0 rings (SSSR count). The summed E-state index contributed by atoms with van der Waals surface area (Å²) in [5.74, 6) is -1.27. The molecule has 4 atom stereocenters. The molecule has 144 valence electrons. The average molecular weight is 350 g/mol. The smallest absolute Gasteiger partial charge is 0.306 e. The lowest BCUT2D eigenvalue weighted by atomic mass is 9.98. The second-order valence-electron chi connectivity index (χ2n) is 6.92. The summed E-state index contributed by atoms with van der Waals surface area (Å²) in [5.41, 5.74) is 11.1. The van der Waals surface area contributed by atoms with Crippen molar-refractivity contribution in [3.05, 3.63) is 0 Å². The number of carboxylic acid groups (broad SMARTS) is 2. The highest BCUT2D eigenvalue weighted by molar-refractivity contribution is 5.67. The van der Waals surface area contributed by atoms with E-state index in [9.17, 15) is 19.8 Å². The first-order valence-corrected chi connectivity index (χ1v) is 8.17. The van der Waals surface area contributed by atoms with Crippen molar-refractivity contribution in [1.29, 1.82) is 0 Å². The van der Waals surface area contributed by atoms with Crippen molar-refractivity contribution in [3.8, 4) is 0 Å². The molecule has 8 heteroatoms. The van der Waals surface area contributed by atoms with Gasteiger partial charge in [0.2, 0.25) is 0 Å². The quantitative estimate of drug-likeness (QED) is 0.329. The number of aliphatic hydroxyl groups excluding tert-OH is 2. The molecule has 24 heavy (non-hydrogen) atoms. The summed E-state index contributed by atoms with van der Waals surface area (Å²) in [7, 11) is 0. The van der Waals surface area contributed by atoms with Crippen molar-refractivity contribution in [3.63, 3.8) is 0 Å². The van der Waals surface area contributed by atoms with Gasteiger partial charge in [-0.2, -0.15) is 0 Å². The molecular formula is C16H34N2O6. The van der Waals surface area contributed by atoms with Gasteiger partial charge in [0.25, 0.3) is 0 Å². The van der Waals surface area contributed by atoms with Gasteiger partial charge >= 0.3 is 11.9 Å². The lowest BCUT2D eigenvalue weighted by Crippen LogP contribution is -2.37. The summed E-state index contributed by atoms with van der Waals surface area (Å²) >= 11 is 0. The normalized spacial score (nSPS) is 16.1. The number of aliphatic hydroxyl groups is 2. The van der Waals surface area contributed by atoms with Gasteiger partial charge in [-0.25, -0.2) is 0 Å². The van der Waals surface area contributed by atoms with Gasteiger partial charge in [0, 0.05) is 12.1 Å². The largest absolute Gasteiger partial charge is 0.481 e. The van der Waals surface area contributed by atoms with Gasteiger partial charge in [0.15, 0.2) is 0 Å². The number of aliphatic carboxylic acids is 2. The Kier molecular flexibility index (Phi) is 13.7. The first-order valence-electron chi connectivity index (χ1n) is 8.17. The van der Waals surface area contributed by atoms with Crippen LogP contribution in [0, 0.1) is 11.8 Å². The highest BCUT2D eigenvalue weighted by atomic mass is 16.4. The number of hydrogen-bond acceptors (Lipinski definition) is 6. The molecule has 0 saturated heterocycles. The number of carbonyl (C=O) groups is 2. The average Bonchev–Trinajstić information content (AvgIpc) is 2.36. The highest BCUT2D eigenvalue weighted by Crippen LogP contribution is 2.09. The van der Waals surface area contributed by atoms with E-state index in [1.54, 1.807) is 0 Å². The molecule has 0 aromatic rings. The lowest BCUT2D eigenvalue weighted by molar-refractivity contribution is -0.140. The predicted molar refractivity (Wildman–Crippen MR) is 91.4 cm³/mol. The standard InChI is InChI=1S/2C8H17NO3/c2*1-5(2)3-6(9)7(10)4-8(11)12/h2*5-7,10H,3-4,9H2,1-2H3,(H,11,12)/t2*6-,7-/m00/s1. The Morgan fingerprint density at radius 3 is 1.17 bits per heavy atom. The Labute approximate surface area is 143 Å². The fraction of sp³-hybridized carbons (Fsp3) is 0.875. The van der Waals surface area contributed by atoms with E-state index in [0.29, 0.717) is 24.7 Å². The first kappa shape index (κ1) is 25.0. The molecular weight excluding hydrogens is 316 g/mol. The van der Waals surface area contributed by atoms with Gasteiger partial charge in [-0.15, -0.1) is 0 Å². The minimum Gasteiger partial charge on any atom is -0.481 e.